The number of benzene rings is 4. The Bertz CT molecular complexity index is 1360. The molecule has 0 fully saturated rings. The summed E-state index contributed by atoms with van der Waals surface area (Å²) in [5.74, 6) is 0.238. The number of allylic oxidation sites excluding steroid dienone is 1. The summed E-state index contributed by atoms with van der Waals surface area (Å²) >= 11 is 6.15. The molecule has 1 nitrogen and oxygen atoms in total. The lowest BCUT2D eigenvalue weighted by Gasteiger charge is -2.18. The molecule has 1 aliphatic rings. The van der Waals surface area contributed by atoms with Crippen molar-refractivity contribution >= 4 is 22.7 Å². The SMILES string of the molecule is Cc1ccc(C2=C(c3ccc(Cl)cc3O)CCCc3cc(-c4ccccc4C)ccc32)cc1. The minimum absolute atomic E-state index is 0.238. The molecule has 4 aromatic carbocycles. The van der Waals surface area contributed by atoms with Gasteiger partial charge in [-0.2, -0.15) is 0 Å². The maximum Gasteiger partial charge on any atom is 0.124 e. The van der Waals surface area contributed by atoms with Gasteiger partial charge in [-0.05, 0) is 95.8 Å². The Morgan fingerprint density at radius 3 is 2.18 bits per heavy atom. The van der Waals surface area contributed by atoms with E-state index in [0.717, 1.165) is 24.8 Å². The Balaban J connectivity index is 1.75. The molecule has 0 heterocycles. The molecule has 0 unspecified atom stereocenters. The van der Waals surface area contributed by atoms with Crippen molar-refractivity contribution in [1.29, 1.82) is 0 Å². The fraction of sp³-hybridized carbons (Fsp3) is 0.161. The van der Waals surface area contributed by atoms with Crippen LogP contribution in [0.1, 0.15) is 46.2 Å². The zero-order chi connectivity index (χ0) is 22.9. The summed E-state index contributed by atoms with van der Waals surface area (Å²) in [6.45, 7) is 4.28. The number of rotatable bonds is 3. The maximum absolute atomic E-state index is 10.8. The van der Waals surface area contributed by atoms with Gasteiger partial charge in [-0.3, -0.25) is 0 Å². The summed E-state index contributed by atoms with van der Waals surface area (Å²) in [7, 11) is 0. The molecule has 0 aliphatic heterocycles. The molecule has 33 heavy (non-hydrogen) atoms. The van der Waals surface area contributed by atoms with Crippen LogP contribution in [0.5, 0.6) is 5.75 Å². The standard InChI is InChI=1S/C31H27ClO/c1-20-10-12-22(13-11-20)31-27-16-14-24(26-8-4-3-6-21(26)2)18-23(27)7-5-9-29(31)28-17-15-25(32)19-30(28)33/h3-4,6,8,10-19,33H,5,7,9H2,1-2H3. The molecule has 0 saturated heterocycles. The molecule has 0 radical (unpaired) electrons. The van der Waals surface area contributed by atoms with Gasteiger partial charge in [0.1, 0.15) is 5.75 Å². The normalized spacial score (nSPS) is 13.5. The summed E-state index contributed by atoms with van der Waals surface area (Å²) < 4.78 is 0. The van der Waals surface area contributed by atoms with E-state index in [1.807, 2.05) is 12.1 Å². The first-order valence-corrected chi connectivity index (χ1v) is 11.9. The second kappa shape index (κ2) is 8.92. The van der Waals surface area contributed by atoms with Crippen molar-refractivity contribution in [3.8, 4) is 16.9 Å². The quantitative estimate of drug-likeness (QED) is 0.331. The van der Waals surface area contributed by atoms with E-state index in [4.69, 9.17) is 11.6 Å². The lowest BCUT2D eigenvalue weighted by atomic mass is 9.86. The number of hydrogen-bond donors (Lipinski definition) is 1. The molecule has 0 saturated carbocycles. The van der Waals surface area contributed by atoms with Gasteiger partial charge >= 0.3 is 0 Å². The Morgan fingerprint density at radius 2 is 1.42 bits per heavy atom. The predicted octanol–water partition coefficient (Wildman–Crippen LogP) is 8.62. The predicted molar refractivity (Wildman–Crippen MR) is 140 cm³/mol. The van der Waals surface area contributed by atoms with Crippen molar-refractivity contribution in [3.05, 3.63) is 123 Å². The summed E-state index contributed by atoms with van der Waals surface area (Å²) in [6, 6.07) is 29.6. The molecule has 4 aromatic rings. The molecule has 164 valence electrons. The number of phenolic OH excluding ortho intramolecular Hbond substituents is 1. The van der Waals surface area contributed by atoms with E-state index in [1.54, 1.807) is 6.07 Å². The van der Waals surface area contributed by atoms with Crippen LogP contribution in [-0.4, -0.2) is 5.11 Å². The first-order chi connectivity index (χ1) is 16.0. The fourth-order valence-corrected chi connectivity index (χ4v) is 5.10. The molecule has 2 heteroatoms. The highest BCUT2D eigenvalue weighted by Crippen LogP contribution is 2.43. The number of phenols is 1. The molecule has 0 bridgehead atoms. The number of aryl methyl sites for hydroxylation is 3. The third-order valence-corrected chi connectivity index (χ3v) is 6.87. The zero-order valence-corrected chi connectivity index (χ0v) is 19.8. The van der Waals surface area contributed by atoms with Gasteiger partial charge in [-0.25, -0.2) is 0 Å². The molecule has 0 atom stereocenters. The average Bonchev–Trinajstić information content (AvgIpc) is 2.99. The average molecular weight is 451 g/mol. The number of aromatic hydroxyl groups is 1. The van der Waals surface area contributed by atoms with E-state index < -0.39 is 0 Å². The summed E-state index contributed by atoms with van der Waals surface area (Å²) in [5, 5.41) is 11.3. The minimum atomic E-state index is 0.238. The topological polar surface area (TPSA) is 20.2 Å². The number of hydrogen-bond acceptors (Lipinski definition) is 1. The first-order valence-electron chi connectivity index (χ1n) is 11.5. The van der Waals surface area contributed by atoms with Crippen molar-refractivity contribution in [3.63, 3.8) is 0 Å². The second-order valence-corrected chi connectivity index (χ2v) is 9.36. The van der Waals surface area contributed by atoms with Crippen molar-refractivity contribution in [2.75, 3.05) is 0 Å². The van der Waals surface area contributed by atoms with E-state index in [2.05, 4.69) is 80.6 Å². The third kappa shape index (κ3) is 4.21. The highest BCUT2D eigenvalue weighted by Gasteiger charge is 2.22. The van der Waals surface area contributed by atoms with Gasteiger partial charge in [0.25, 0.3) is 0 Å². The maximum atomic E-state index is 10.8. The van der Waals surface area contributed by atoms with Crippen LogP contribution in [0.2, 0.25) is 5.02 Å². The molecule has 0 aromatic heterocycles. The third-order valence-electron chi connectivity index (χ3n) is 6.63. The van der Waals surface area contributed by atoms with Gasteiger partial charge in [0.05, 0.1) is 0 Å². The van der Waals surface area contributed by atoms with Crippen molar-refractivity contribution in [2.24, 2.45) is 0 Å². The van der Waals surface area contributed by atoms with Gasteiger partial charge in [0, 0.05) is 10.6 Å². The Morgan fingerprint density at radius 1 is 0.697 bits per heavy atom. The van der Waals surface area contributed by atoms with Gasteiger partial charge in [0.15, 0.2) is 0 Å². The second-order valence-electron chi connectivity index (χ2n) is 8.92. The highest BCUT2D eigenvalue weighted by atomic mass is 35.5. The van der Waals surface area contributed by atoms with Crippen LogP contribution in [0.25, 0.3) is 22.3 Å². The van der Waals surface area contributed by atoms with Crippen LogP contribution in [0.15, 0.2) is 84.9 Å². The van der Waals surface area contributed by atoms with Crippen LogP contribution in [0.4, 0.5) is 0 Å². The van der Waals surface area contributed by atoms with Crippen LogP contribution >= 0.6 is 11.6 Å². The minimum Gasteiger partial charge on any atom is -0.507 e. The molecule has 1 N–H and O–H groups in total. The van der Waals surface area contributed by atoms with Crippen molar-refractivity contribution < 1.29 is 5.11 Å². The summed E-state index contributed by atoms with van der Waals surface area (Å²) in [5.41, 5.74) is 12.1. The van der Waals surface area contributed by atoms with Gasteiger partial charge < -0.3 is 5.11 Å². The van der Waals surface area contributed by atoms with E-state index in [-0.39, 0.29) is 5.75 Å². The van der Waals surface area contributed by atoms with E-state index >= 15 is 0 Å². The highest BCUT2D eigenvalue weighted by molar-refractivity contribution is 6.30. The Kier molecular flexibility index (Phi) is 5.83. The van der Waals surface area contributed by atoms with Crippen LogP contribution in [0, 0.1) is 13.8 Å². The van der Waals surface area contributed by atoms with Crippen LogP contribution < -0.4 is 0 Å². The summed E-state index contributed by atoms with van der Waals surface area (Å²) in [6.07, 6.45) is 2.92. The monoisotopic (exact) mass is 450 g/mol. The van der Waals surface area contributed by atoms with Crippen LogP contribution in [-0.2, 0) is 6.42 Å². The number of halogens is 1. The Hall–Kier alpha value is -3.29. The van der Waals surface area contributed by atoms with Crippen molar-refractivity contribution in [2.45, 2.75) is 33.1 Å². The Labute approximate surface area is 201 Å². The fourth-order valence-electron chi connectivity index (χ4n) is 4.93. The van der Waals surface area contributed by atoms with E-state index in [1.165, 1.54) is 50.1 Å². The van der Waals surface area contributed by atoms with E-state index in [9.17, 15) is 5.11 Å². The summed E-state index contributed by atoms with van der Waals surface area (Å²) in [4.78, 5) is 0. The molecular formula is C31H27ClO. The largest absolute Gasteiger partial charge is 0.507 e. The molecular weight excluding hydrogens is 424 g/mol. The molecule has 1 aliphatic carbocycles. The molecule has 0 spiro atoms. The molecule has 0 amide bonds. The lowest BCUT2D eigenvalue weighted by molar-refractivity contribution is 0.473. The number of fused-ring (bicyclic) bond motifs is 1. The van der Waals surface area contributed by atoms with Crippen LogP contribution in [0.3, 0.4) is 0 Å². The smallest absolute Gasteiger partial charge is 0.124 e. The molecule has 5 rings (SSSR count). The van der Waals surface area contributed by atoms with Gasteiger partial charge in [-0.1, -0.05) is 83.9 Å². The first kappa shape index (κ1) is 21.6. The lowest BCUT2D eigenvalue weighted by Crippen LogP contribution is -1.97. The van der Waals surface area contributed by atoms with Gasteiger partial charge in [0.2, 0.25) is 0 Å². The van der Waals surface area contributed by atoms with E-state index in [0.29, 0.717) is 5.02 Å². The zero-order valence-electron chi connectivity index (χ0n) is 19.0. The van der Waals surface area contributed by atoms with Gasteiger partial charge in [-0.15, -0.1) is 0 Å². The van der Waals surface area contributed by atoms with Crippen molar-refractivity contribution in [1.82, 2.24) is 0 Å².